The molecule has 10 heteroatoms. The summed E-state index contributed by atoms with van der Waals surface area (Å²) in [6.45, 7) is 3.79. The lowest BCUT2D eigenvalue weighted by atomic mass is 10.2. The maximum Gasteiger partial charge on any atom is 0.293 e. The molecule has 2 aromatic carbocycles. The Morgan fingerprint density at radius 2 is 1.79 bits per heavy atom. The first-order valence-electron chi connectivity index (χ1n) is 9.79. The van der Waals surface area contributed by atoms with Gasteiger partial charge in [-0.05, 0) is 67.1 Å². The van der Waals surface area contributed by atoms with Crippen molar-refractivity contribution in [2.24, 2.45) is 0 Å². The third kappa shape index (κ3) is 4.42. The van der Waals surface area contributed by atoms with Crippen LogP contribution in [0.4, 0.5) is 10.5 Å². The quantitative estimate of drug-likeness (QED) is 0.225. The van der Waals surface area contributed by atoms with Crippen LogP contribution in [0.3, 0.4) is 0 Å². The van der Waals surface area contributed by atoms with Gasteiger partial charge in [0.25, 0.3) is 16.8 Å². The van der Waals surface area contributed by atoms with Crippen molar-refractivity contribution >= 4 is 57.9 Å². The molecule has 33 heavy (non-hydrogen) atoms. The number of imide groups is 1. The van der Waals surface area contributed by atoms with E-state index in [4.69, 9.17) is 23.2 Å². The van der Waals surface area contributed by atoms with Gasteiger partial charge in [0.2, 0.25) is 0 Å². The predicted octanol–water partition coefficient (Wildman–Crippen LogP) is 6.55. The van der Waals surface area contributed by atoms with E-state index >= 15 is 0 Å². The van der Waals surface area contributed by atoms with Crippen LogP contribution in [0.1, 0.15) is 22.5 Å². The van der Waals surface area contributed by atoms with Crippen LogP contribution in [0.5, 0.6) is 0 Å². The second-order valence-corrected chi connectivity index (χ2v) is 9.22. The Morgan fingerprint density at radius 3 is 2.48 bits per heavy atom. The molecule has 2 heterocycles. The van der Waals surface area contributed by atoms with Crippen LogP contribution in [-0.2, 0) is 11.3 Å². The van der Waals surface area contributed by atoms with E-state index in [9.17, 15) is 19.7 Å². The fourth-order valence-corrected chi connectivity index (χ4v) is 4.90. The van der Waals surface area contributed by atoms with Gasteiger partial charge in [-0.3, -0.25) is 24.6 Å². The molecule has 0 spiro atoms. The lowest BCUT2D eigenvalue weighted by molar-refractivity contribution is -0.384. The Balaban J connectivity index is 1.66. The number of hydrogen-bond donors (Lipinski definition) is 0. The van der Waals surface area contributed by atoms with E-state index in [1.165, 1.54) is 17.0 Å². The van der Waals surface area contributed by atoms with E-state index in [1.54, 1.807) is 36.4 Å². The number of aromatic nitrogens is 1. The summed E-state index contributed by atoms with van der Waals surface area (Å²) < 4.78 is 1.84. The molecule has 1 aliphatic heterocycles. The van der Waals surface area contributed by atoms with E-state index in [2.05, 4.69) is 0 Å². The summed E-state index contributed by atoms with van der Waals surface area (Å²) >= 11 is 13.0. The average molecular weight is 502 g/mol. The van der Waals surface area contributed by atoms with Crippen molar-refractivity contribution in [3.8, 4) is 5.69 Å². The number of nitro benzene ring substituents is 1. The first kappa shape index (κ1) is 23.1. The second kappa shape index (κ2) is 9.05. The van der Waals surface area contributed by atoms with Gasteiger partial charge >= 0.3 is 0 Å². The topological polar surface area (TPSA) is 85.5 Å². The van der Waals surface area contributed by atoms with Crippen LogP contribution in [0, 0.1) is 24.0 Å². The van der Waals surface area contributed by atoms with Crippen LogP contribution >= 0.6 is 35.0 Å². The Morgan fingerprint density at radius 1 is 1.06 bits per heavy atom. The third-order valence-corrected chi connectivity index (χ3v) is 6.90. The van der Waals surface area contributed by atoms with Gasteiger partial charge in [0, 0.05) is 22.5 Å². The van der Waals surface area contributed by atoms with E-state index in [1.807, 2.05) is 24.5 Å². The molecule has 0 unspecified atom stereocenters. The highest BCUT2D eigenvalue weighted by Crippen LogP contribution is 2.36. The lowest BCUT2D eigenvalue weighted by Crippen LogP contribution is -2.27. The van der Waals surface area contributed by atoms with E-state index in [0.29, 0.717) is 21.2 Å². The highest BCUT2D eigenvalue weighted by molar-refractivity contribution is 8.18. The second-order valence-electron chi connectivity index (χ2n) is 7.41. The Bertz CT molecular complexity index is 1350. The summed E-state index contributed by atoms with van der Waals surface area (Å²) in [5.74, 6) is -0.392. The van der Waals surface area contributed by atoms with Gasteiger partial charge in [0.1, 0.15) is 5.02 Å². The van der Waals surface area contributed by atoms with Gasteiger partial charge in [-0.25, -0.2) is 0 Å². The number of halogens is 2. The summed E-state index contributed by atoms with van der Waals surface area (Å²) in [5, 5.41) is 11.5. The molecule has 7 nitrogen and oxygen atoms in total. The number of carbonyl (C=O) groups is 2. The van der Waals surface area contributed by atoms with Crippen LogP contribution < -0.4 is 0 Å². The predicted molar refractivity (Wildman–Crippen MR) is 130 cm³/mol. The van der Waals surface area contributed by atoms with Crippen molar-refractivity contribution in [1.29, 1.82) is 0 Å². The zero-order valence-corrected chi connectivity index (χ0v) is 19.9. The summed E-state index contributed by atoms with van der Waals surface area (Å²) in [6, 6.07) is 13.5. The highest BCUT2D eigenvalue weighted by atomic mass is 35.5. The van der Waals surface area contributed by atoms with Crippen LogP contribution in [0.15, 0.2) is 53.4 Å². The highest BCUT2D eigenvalue weighted by Gasteiger charge is 2.35. The molecule has 2 amide bonds. The molecule has 1 aliphatic rings. The van der Waals surface area contributed by atoms with Gasteiger partial charge in [0.05, 0.1) is 22.1 Å². The van der Waals surface area contributed by atoms with Crippen molar-refractivity contribution < 1.29 is 14.5 Å². The molecule has 168 valence electrons. The largest absolute Gasteiger partial charge is 0.318 e. The standard InChI is InChI=1S/C23H17Cl2N3O4S/c1-13-9-16(14(2)27(13)17-7-8-19(25)20(11-17)28(31)32)10-21-22(29)26(23(30)33-21)12-15-5-3-4-6-18(15)24/h3-11H,12H2,1-2H3/b21-10-. The molecule has 0 radical (unpaired) electrons. The van der Waals surface area contributed by atoms with Gasteiger partial charge in [-0.2, -0.15) is 0 Å². The minimum atomic E-state index is -0.532. The number of carbonyl (C=O) groups excluding carboxylic acids is 2. The minimum Gasteiger partial charge on any atom is -0.318 e. The zero-order valence-electron chi connectivity index (χ0n) is 17.5. The maximum absolute atomic E-state index is 12.9. The monoisotopic (exact) mass is 501 g/mol. The van der Waals surface area contributed by atoms with Crippen LogP contribution in [0.25, 0.3) is 11.8 Å². The van der Waals surface area contributed by atoms with Gasteiger partial charge < -0.3 is 4.57 Å². The Hall–Kier alpha value is -3.07. The molecule has 1 fully saturated rings. The molecule has 4 rings (SSSR count). The fraction of sp³-hybridized carbons (Fsp3) is 0.130. The fourth-order valence-electron chi connectivity index (χ4n) is 3.69. The van der Waals surface area contributed by atoms with Gasteiger partial charge in [0.15, 0.2) is 0 Å². The number of nitro groups is 1. The molecule has 0 N–H and O–H groups in total. The smallest absolute Gasteiger partial charge is 0.293 e. The minimum absolute atomic E-state index is 0.0543. The number of nitrogens with zero attached hydrogens (tertiary/aromatic N) is 3. The van der Waals surface area contributed by atoms with E-state index in [-0.39, 0.29) is 22.5 Å². The number of rotatable bonds is 5. The number of amides is 2. The van der Waals surface area contributed by atoms with Crippen molar-refractivity contribution in [1.82, 2.24) is 9.47 Å². The molecule has 0 atom stereocenters. The molecule has 0 saturated carbocycles. The molecular formula is C23H17Cl2N3O4S. The van der Waals surface area contributed by atoms with E-state index in [0.717, 1.165) is 28.7 Å². The third-order valence-electron chi connectivity index (χ3n) is 5.30. The van der Waals surface area contributed by atoms with Crippen molar-refractivity contribution in [2.75, 3.05) is 0 Å². The first-order chi connectivity index (χ1) is 15.7. The van der Waals surface area contributed by atoms with Gasteiger partial charge in [-0.15, -0.1) is 0 Å². The molecule has 0 aliphatic carbocycles. The maximum atomic E-state index is 12.9. The van der Waals surface area contributed by atoms with E-state index < -0.39 is 10.8 Å². The Kier molecular flexibility index (Phi) is 6.34. The lowest BCUT2D eigenvalue weighted by Gasteiger charge is -2.13. The van der Waals surface area contributed by atoms with Crippen molar-refractivity contribution in [3.63, 3.8) is 0 Å². The normalized spacial score (nSPS) is 15.0. The summed E-state index contributed by atoms with van der Waals surface area (Å²) in [4.78, 5) is 37.7. The van der Waals surface area contributed by atoms with Gasteiger partial charge in [-0.1, -0.05) is 41.4 Å². The number of benzene rings is 2. The van der Waals surface area contributed by atoms with Crippen molar-refractivity contribution in [2.45, 2.75) is 20.4 Å². The SMILES string of the molecule is Cc1cc(/C=C2\SC(=O)N(Cc3ccccc3Cl)C2=O)c(C)n1-c1ccc(Cl)c([N+](=O)[O-])c1. The van der Waals surface area contributed by atoms with Crippen LogP contribution in [0.2, 0.25) is 10.0 Å². The Labute approximate surface area is 203 Å². The van der Waals surface area contributed by atoms with Crippen molar-refractivity contribution in [3.05, 3.63) is 96.1 Å². The molecule has 3 aromatic rings. The molecule has 1 saturated heterocycles. The summed E-state index contributed by atoms with van der Waals surface area (Å²) in [7, 11) is 0. The molecule has 1 aromatic heterocycles. The number of thioether (sulfide) groups is 1. The average Bonchev–Trinajstić information content (AvgIpc) is 3.19. The molecule has 0 bridgehead atoms. The summed E-state index contributed by atoms with van der Waals surface area (Å²) in [6.07, 6.45) is 1.67. The number of hydrogen-bond acceptors (Lipinski definition) is 5. The number of aryl methyl sites for hydroxylation is 1. The van der Waals surface area contributed by atoms with Crippen LogP contribution in [-0.4, -0.2) is 25.5 Å². The molecular weight excluding hydrogens is 485 g/mol. The first-order valence-corrected chi connectivity index (χ1v) is 11.4. The summed E-state index contributed by atoms with van der Waals surface area (Å²) in [5.41, 5.74) is 3.38. The zero-order chi connectivity index (χ0) is 23.9.